The number of nitrogens with zero attached hydrogens (tertiary/aromatic N) is 2. The van der Waals surface area contributed by atoms with Crippen LogP contribution in [0, 0.1) is 0 Å². The van der Waals surface area contributed by atoms with Gasteiger partial charge in [-0.25, -0.2) is 0 Å². The molecular weight excluding hydrogens is 204 g/mol. The molecule has 1 heterocycles. The number of Topliss-reactive ketones (excluding diaryl/α,β-unsaturated/α-hetero) is 1. The first-order valence-electron chi connectivity index (χ1n) is 5.61. The van der Waals surface area contributed by atoms with E-state index in [0.29, 0.717) is 19.4 Å². The van der Waals surface area contributed by atoms with E-state index in [0.717, 1.165) is 5.69 Å². The normalized spacial score (nSPS) is 11.8. The molecule has 4 nitrogen and oxygen atoms in total. The van der Waals surface area contributed by atoms with E-state index in [1.807, 2.05) is 33.9 Å². The largest absolute Gasteiger partial charge is 0.368 e. The molecule has 0 saturated heterocycles. The zero-order valence-corrected chi connectivity index (χ0v) is 10.5. The van der Waals surface area contributed by atoms with Crippen molar-refractivity contribution in [2.75, 3.05) is 6.61 Å². The highest BCUT2D eigenvalue weighted by atomic mass is 16.5. The van der Waals surface area contributed by atoms with E-state index in [-0.39, 0.29) is 5.78 Å². The Morgan fingerprint density at radius 2 is 2.25 bits per heavy atom. The lowest BCUT2D eigenvalue weighted by Gasteiger charge is -2.22. The quantitative estimate of drug-likeness (QED) is 0.739. The van der Waals surface area contributed by atoms with Crippen LogP contribution in [0.25, 0.3) is 0 Å². The first-order chi connectivity index (χ1) is 7.47. The van der Waals surface area contributed by atoms with Crippen LogP contribution in [0.15, 0.2) is 12.3 Å². The summed E-state index contributed by atoms with van der Waals surface area (Å²) in [5.41, 5.74) is 0.397. The van der Waals surface area contributed by atoms with Gasteiger partial charge in [-0.2, -0.15) is 5.10 Å². The molecule has 0 aliphatic carbocycles. The predicted molar refractivity (Wildman–Crippen MR) is 62.2 cm³/mol. The monoisotopic (exact) mass is 224 g/mol. The van der Waals surface area contributed by atoms with Crippen LogP contribution >= 0.6 is 0 Å². The Balaban J connectivity index is 2.50. The molecular formula is C12H20N2O2. The van der Waals surface area contributed by atoms with Gasteiger partial charge in [0.25, 0.3) is 0 Å². The lowest BCUT2D eigenvalue weighted by molar-refractivity contribution is -0.139. The van der Waals surface area contributed by atoms with Crippen LogP contribution < -0.4 is 0 Å². The van der Waals surface area contributed by atoms with E-state index in [1.165, 1.54) is 0 Å². The molecule has 0 bridgehead atoms. The average Bonchev–Trinajstić information content (AvgIpc) is 2.60. The number of carbonyl (C=O) groups is 1. The van der Waals surface area contributed by atoms with Crippen LogP contribution in [0.2, 0.25) is 0 Å². The van der Waals surface area contributed by atoms with Crippen molar-refractivity contribution in [3.8, 4) is 0 Å². The summed E-state index contributed by atoms with van der Waals surface area (Å²) in [5, 5.41) is 4.07. The number of hydrogen-bond donors (Lipinski definition) is 0. The Labute approximate surface area is 96.6 Å². The van der Waals surface area contributed by atoms with Gasteiger partial charge in [0.1, 0.15) is 5.60 Å². The number of aryl methyl sites for hydroxylation is 2. The van der Waals surface area contributed by atoms with Crippen molar-refractivity contribution in [2.24, 2.45) is 7.05 Å². The van der Waals surface area contributed by atoms with E-state index in [9.17, 15) is 4.79 Å². The third-order valence-electron chi connectivity index (χ3n) is 2.71. The van der Waals surface area contributed by atoms with Gasteiger partial charge in [-0.05, 0) is 33.3 Å². The number of carbonyl (C=O) groups excluding carboxylic acids is 1. The third kappa shape index (κ3) is 3.17. The highest BCUT2D eigenvalue weighted by Crippen LogP contribution is 2.14. The van der Waals surface area contributed by atoms with Gasteiger partial charge in [0.15, 0.2) is 5.78 Å². The molecule has 0 aromatic carbocycles. The molecule has 0 fully saturated rings. The molecule has 0 spiro atoms. The molecule has 0 amide bonds. The molecule has 0 saturated carbocycles. The first kappa shape index (κ1) is 12.9. The van der Waals surface area contributed by atoms with Crippen molar-refractivity contribution in [3.63, 3.8) is 0 Å². The molecule has 0 atom stereocenters. The maximum Gasteiger partial charge on any atom is 0.164 e. The minimum absolute atomic E-state index is 0.135. The van der Waals surface area contributed by atoms with Gasteiger partial charge in [0, 0.05) is 32.0 Å². The molecule has 90 valence electrons. The average molecular weight is 224 g/mol. The third-order valence-corrected chi connectivity index (χ3v) is 2.71. The van der Waals surface area contributed by atoms with Gasteiger partial charge < -0.3 is 4.74 Å². The molecule has 16 heavy (non-hydrogen) atoms. The van der Waals surface area contributed by atoms with Crippen molar-refractivity contribution in [3.05, 3.63) is 18.0 Å². The van der Waals surface area contributed by atoms with E-state index in [4.69, 9.17) is 4.74 Å². The highest BCUT2D eigenvalue weighted by molar-refractivity contribution is 5.86. The molecule has 0 aliphatic rings. The van der Waals surface area contributed by atoms with Gasteiger partial charge >= 0.3 is 0 Å². The van der Waals surface area contributed by atoms with E-state index in [2.05, 4.69) is 5.10 Å². The number of aromatic nitrogens is 2. The van der Waals surface area contributed by atoms with Crippen molar-refractivity contribution >= 4 is 5.78 Å². The summed E-state index contributed by atoms with van der Waals surface area (Å²) in [4.78, 5) is 11.9. The SMILES string of the molecule is CCOC(C)(C)C(=O)CCc1ccnn1C. The molecule has 0 unspecified atom stereocenters. The lowest BCUT2D eigenvalue weighted by atomic mass is 9.98. The minimum Gasteiger partial charge on any atom is -0.368 e. The maximum absolute atomic E-state index is 11.9. The Morgan fingerprint density at radius 1 is 1.56 bits per heavy atom. The lowest BCUT2D eigenvalue weighted by Crippen LogP contribution is -2.35. The second kappa shape index (κ2) is 5.25. The maximum atomic E-state index is 11.9. The molecule has 1 aromatic rings. The molecule has 0 aliphatic heterocycles. The Bertz CT molecular complexity index is 356. The number of rotatable bonds is 6. The molecule has 4 heteroatoms. The van der Waals surface area contributed by atoms with E-state index in [1.54, 1.807) is 10.9 Å². The zero-order chi connectivity index (χ0) is 12.2. The van der Waals surface area contributed by atoms with E-state index >= 15 is 0 Å². The van der Waals surface area contributed by atoms with Crippen molar-refractivity contribution < 1.29 is 9.53 Å². The summed E-state index contributed by atoms with van der Waals surface area (Å²) in [6, 6.07) is 1.93. The Hall–Kier alpha value is -1.16. The van der Waals surface area contributed by atoms with Gasteiger partial charge in [-0.15, -0.1) is 0 Å². The molecule has 1 rings (SSSR count). The number of hydrogen-bond acceptors (Lipinski definition) is 3. The summed E-state index contributed by atoms with van der Waals surface area (Å²) < 4.78 is 7.21. The van der Waals surface area contributed by atoms with Crippen molar-refractivity contribution in [2.45, 2.75) is 39.2 Å². The summed E-state index contributed by atoms with van der Waals surface area (Å²) in [7, 11) is 1.88. The number of ether oxygens (including phenoxy) is 1. The van der Waals surface area contributed by atoms with Crippen molar-refractivity contribution in [1.29, 1.82) is 0 Å². The van der Waals surface area contributed by atoms with Crippen LogP contribution in [-0.2, 0) is 23.0 Å². The van der Waals surface area contributed by atoms with Crippen LogP contribution in [-0.4, -0.2) is 27.8 Å². The second-order valence-corrected chi connectivity index (χ2v) is 4.31. The molecule has 0 radical (unpaired) electrons. The Kier molecular flexibility index (Phi) is 4.24. The Morgan fingerprint density at radius 3 is 2.75 bits per heavy atom. The fourth-order valence-electron chi connectivity index (χ4n) is 1.63. The van der Waals surface area contributed by atoms with Crippen LogP contribution in [0.1, 0.15) is 32.9 Å². The van der Waals surface area contributed by atoms with Gasteiger partial charge in [0.05, 0.1) is 0 Å². The van der Waals surface area contributed by atoms with Crippen LogP contribution in [0.3, 0.4) is 0 Å². The zero-order valence-electron chi connectivity index (χ0n) is 10.5. The van der Waals surface area contributed by atoms with Crippen molar-refractivity contribution in [1.82, 2.24) is 9.78 Å². The summed E-state index contributed by atoms with van der Waals surface area (Å²) in [6.45, 7) is 6.10. The topological polar surface area (TPSA) is 44.1 Å². The van der Waals surface area contributed by atoms with Gasteiger partial charge in [-0.1, -0.05) is 0 Å². The minimum atomic E-state index is -0.673. The molecule has 1 aromatic heterocycles. The predicted octanol–water partition coefficient (Wildman–Crippen LogP) is 1.74. The summed E-state index contributed by atoms with van der Waals surface area (Å²) in [5.74, 6) is 0.135. The standard InChI is InChI=1S/C12H20N2O2/c1-5-16-12(2,3)11(15)7-6-10-8-9-13-14(10)4/h8-9H,5-7H2,1-4H3. The first-order valence-corrected chi connectivity index (χ1v) is 5.61. The second-order valence-electron chi connectivity index (χ2n) is 4.31. The fourth-order valence-corrected chi connectivity index (χ4v) is 1.63. The van der Waals surface area contributed by atoms with Gasteiger partial charge in [-0.3, -0.25) is 9.48 Å². The summed E-state index contributed by atoms with van der Waals surface area (Å²) in [6.07, 6.45) is 2.95. The van der Waals surface area contributed by atoms with Crippen LogP contribution in [0.4, 0.5) is 0 Å². The van der Waals surface area contributed by atoms with E-state index < -0.39 is 5.60 Å². The van der Waals surface area contributed by atoms with Crippen LogP contribution in [0.5, 0.6) is 0 Å². The van der Waals surface area contributed by atoms with Gasteiger partial charge in [0.2, 0.25) is 0 Å². The summed E-state index contributed by atoms with van der Waals surface area (Å²) >= 11 is 0. The number of ketones is 1. The molecule has 0 N–H and O–H groups in total. The smallest absolute Gasteiger partial charge is 0.164 e. The highest BCUT2D eigenvalue weighted by Gasteiger charge is 2.27. The fraction of sp³-hybridized carbons (Fsp3) is 0.667.